The summed E-state index contributed by atoms with van der Waals surface area (Å²) in [6, 6.07) is 20.8. The minimum absolute atomic E-state index is 0.00129. The Morgan fingerprint density at radius 3 is 2.62 bits per heavy atom. The van der Waals surface area contributed by atoms with E-state index in [9.17, 15) is 9.59 Å². The van der Waals surface area contributed by atoms with Crippen LogP contribution in [0.1, 0.15) is 33.7 Å². The molecule has 40 heavy (non-hydrogen) atoms. The SMILES string of the molecule is COc1ccc(OC)c(-n2c(CNC(=O)c3cccc(C)c3)nnc2SCC(=O)N2CCCc3ccccc32)c1. The summed E-state index contributed by atoms with van der Waals surface area (Å²) in [4.78, 5) is 28.1. The van der Waals surface area contributed by atoms with Crippen LogP contribution in [0.5, 0.6) is 11.5 Å². The quantitative estimate of drug-likeness (QED) is 0.301. The minimum atomic E-state index is -0.219. The first-order chi connectivity index (χ1) is 19.5. The number of ether oxygens (including phenoxy) is 2. The molecule has 0 saturated carbocycles. The molecule has 1 aromatic heterocycles. The number of rotatable bonds is 9. The molecule has 2 heterocycles. The smallest absolute Gasteiger partial charge is 0.251 e. The lowest BCUT2D eigenvalue weighted by Gasteiger charge is -2.29. The van der Waals surface area contributed by atoms with Gasteiger partial charge in [0.05, 0.1) is 32.2 Å². The Kier molecular flexibility index (Phi) is 8.35. The molecule has 9 nitrogen and oxygen atoms in total. The number of anilines is 1. The first-order valence-electron chi connectivity index (χ1n) is 13.0. The third kappa shape index (κ3) is 5.81. The number of amides is 2. The summed E-state index contributed by atoms with van der Waals surface area (Å²) >= 11 is 1.29. The molecular formula is C30H31N5O4S. The largest absolute Gasteiger partial charge is 0.497 e. The summed E-state index contributed by atoms with van der Waals surface area (Å²) in [7, 11) is 3.17. The van der Waals surface area contributed by atoms with Crippen LogP contribution in [0, 0.1) is 6.92 Å². The summed E-state index contributed by atoms with van der Waals surface area (Å²) in [6.45, 7) is 2.74. The molecule has 0 bridgehead atoms. The van der Waals surface area contributed by atoms with E-state index in [2.05, 4.69) is 21.6 Å². The fraction of sp³-hybridized carbons (Fsp3) is 0.267. The van der Waals surface area contributed by atoms with Gasteiger partial charge in [-0.25, -0.2) is 0 Å². The van der Waals surface area contributed by atoms with E-state index in [0.29, 0.717) is 40.3 Å². The lowest BCUT2D eigenvalue weighted by Crippen LogP contribution is -2.36. The van der Waals surface area contributed by atoms with Gasteiger partial charge in [-0.05, 0) is 55.7 Å². The van der Waals surface area contributed by atoms with Gasteiger partial charge in [-0.3, -0.25) is 14.2 Å². The number of thioether (sulfide) groups is 1. The van der Waals surface area contributed by atoms with Crippen LogP contribution in [0.2, 0.25) is 0 Å². The van der Waals surface area contributed by atoms with E-state index in [1.807, 2.05) is 54.3 Å². The predicted octanol–water partition coefficient (Wildman–Crippen LogP) is 4.59. The molecule has 10 heteroatoms. The fourth-order valence-electron chi connectivity index (χ4n) is 4.77. The minimum Gasteiger partial charge on any atom is -0.497 e. The molecule has 2 amide bonds. The van der Waals surface area contributed by atoms with Gasteiger partial charge in [-0.1, -0.05) is 47.7 Å². The average Bonchev–Trinajstić information content (AvgIpc) is 3.40. The van der Waals surface area contributed by atoms with Crippen molar-refractivity contribution in [2.24, 2.45) is 0 Å². The summed E-state index contributed by atoms with van der Waals surface area (Å²) < 4.78 is 12.9. The van der Waals surface area contributed by atoms with Crippen molar-refractivity contribution in [1.82, 2.24) is 20.1 Å². The number of fused-ring (bicyclic) bond motifs is 1. The highest BCUT2D eigenvalue weighted by Crippen LogP contribution is 2.33. The third-order valence-corrected chi connectivity index (χ3v) is 7.66. The Balaban J connectivity index is 1.42. The second kappa shape index (κ2) is 12.3. The van der Waals surface area contributed by atoms with Crippen molar-refractivity contribution >= 4 is 29.3 Å². The van der Waals surface area contributed by atoms with Crippen LogP contribution >= 0.6 is 11.8 Å². The van der Waals surface area contributed by atoms with Gasteiger partial charge in [0.15, 0.2) is 11.0 Å². The van der Waals surface area contributed by atoms with Crippen LogP contribution in [-0.4, -0.2) is 53.1 Å². The Bertz CT molecular complexity index is 1540. The fourth-order valence-corrected chi connectivity index (χ4v) is 5.61. The van der Waals surface area contributed by atoms with Gasteiger partial charge < -0.3 is 19.7 Å². The molecule has 0 fully saturated rings. The molecule has 206 valence electrons. The van der Waals surface area contributed by atoms with E-state index < -0.39 is 0 Å². The maximum absolute atomic E-state index is 13.4. The summed E-state index contributed by atoms with van der Waals surface area (Å²) in [5, 5.41) is 12.2. The van der Waals surface area contributed by atoms with E-state index in [4.69, 9.17) is 9.47 Å². The molecule has 0 saturated heterocycles. The number of benzene rings is 3. The molecule has 0 radical (unpaired) electrons. The monoisotopic (exact) mass is 557 g/mol. The second-order valence-electron chi connectivity index (χ2n) is 9.39. The normalized spacial score (nSPS) is 12.5. The lowest BCUT2D eigenvalue weighted by atomic mass is 10.0. The first-order valence-corrected chi connectivity index (χ1v) is 14.0. The number of aromatic nitrogens is 3. The van der Waals surface area contributed by atoms with Gasteiger partial charge in [-0.2, -0.15) is 0 Å². The van der Waals surface area contributed by atoms with Crippen LogP contribution in [0.25, 0.3) is 5.69 Å². The summed E-state index contributed by atoms with van der Waals surface area (Å²) in [5.74, 6) is 1.64. The third-order valence-electron chi connectivity index (χ3n) is 6.75. The van der Waals surface area contributed by atoms with Gasteiger partial charge in [0, 0.05) is 23.9 Å². The van der Waals surface area contributed by atoms with E-state index >= 15 is 0 Å². The maximum atomic E-state index is 13.4. The molecule has 1 aliphatic rings. The van der Waals surface area contributed by atoms with E-state index in [1.165, 1.54) is 17.3 Å². The van der Waals surface area contributed by atoms with Gasteiger partial charge >= 0.3 is 0 Å². The van der Waals surface area contributed by atoms with E-state index in [-0.39, 0.29) is 24.1 Å². The van der Waals surface area contributed by atoms with Crippen molar-refractivity contribution in [2.75, 3.05) is 31.4 Å². The summed E-state index contributed by atoms with van der Waals surface area (Å²) in [6.07, 6.45) is 1.89. The van der Waals surface area contributed by atoms with Crippen molar-refractivity contribution in [3.63, 3.8) is 0 Å². The highest BCUT2D eigenvalue weighted by atomic mass is 32.2. The van der Waals surface area contributed by atoms with Crippen LogP contribution in [-0.2, 0) is 17.8 Å². The van der Waals surface area contributed by atoms with E-state index in [1.54, 1.807) is 37.0 Å². The topological polar surface area (TPSA) is 98.6 Å². The molecule has 0 unspecified atom stereocenters. The Morgan fingerprint density at radius 1 is 0.975 bits per heavy atom. The van der Waals surface area contributed by atoms with Gasteiger partial charge in [0.25, 0.3) is 5.91 Å². The highest BCUT2D eigenvalue weighted by Gasteiger charge is 2.25. The highest BCUT2D eigenvalue weighted by molar-refractivity contribution is 7.99. The standard InChI is InChI=1S/C30H31N5O4S/c1-20-8-6-10-22(16-20)29(37)31-18-27-32-33-30(35(27)25-17-23(38-2)13-14-26(25)39-3)40-19-28(36)34-15-7-11-21-9-4-5-12-24(21)34/h4-6,8-10,12-14,16-17H,7,11,15,18-19H2,1-3H3,(H,31,37). The lowest BCUT2D eigenvalue weighted by molar-refractivity contribution is -0.116. The predicted molar refractivity (Wildman–Crippen MR) is 155 cm³/mol. The van der Waals surface area contributed by atoms with Crippen LogP contribution in [0.4, 0.5) is 5.69 Å². The zero-order valence-electron chi connectivity index (χ0n) is 22.7. The van der Waals surface area contributed by atoms with Gasteiger partial charge in [0.2, 0.25) is 5.91 Å². The van der Waals surface area contributed by atoms with Crippen molar-refractivity contribution in [2.45, 2.75) is 31.5 Å². The molecule has 0 aliphatic carbocycles. The molecule has 3 aromatic carbocycles. The zero-order chi connectivity index (χ0) is 28.1. The summed E-state index contributed by atoms with van der Waals surface area (Å²) in [5.41, 5.74) is 4.35. The van der Waals surface area contributed by atoms with Crippen molar-refractivity contribution in [3.05, 3.63) is 89.2 Å². The number of nitrogens with one attached hydrogen (secondary N) is 1. The molecule has 1 aliphatic heterocycles. The van der Waals surface area contributed by atoms with Crippen LogP contribution < -0.4 is 19.7 Å². The number of methoxy groups -OCH3 is 2. The molecule has 1 N–H and O–H groups in total. The van der Waals surface area contributed by atoms with Crippen molar-refractivity contribution in [1.29, 1.82) is 0 Å². The van der Waals surface area contributed by atoms with E-state index in [0.717, 1.165) is 24.1 Å². The Hall–Kier alpha value is -4.31. The van der Waals surface area contributed by atoms with Crippen LogP contribution in [0.15, 0.2) is 71.9 Å². The maximum Gasteiger partial charge on any atom is 0.251 e. The molecule has 4 aromatic rings. The van der Waals surface area contributed by atoms with Gasteiger partial charge in [0.1, 0.15) is 11.5 Å². The number of hydrogen-bond acceptors (Lipinski definition) is 7. The van der Waals surface area contributed by atoms with Crippen molar-refractivity contribution in [3.8, 4) is 17.2 Å². The second-order valence-corrected chi connectivity index (χ2v) is 10.3. The molecule has 0 atom stereocenters. The number of carbonyl (C=O) groups excluding carboxylic acids is 2. The van der Waals surface area contributed by atoms with Crippen LogP contribution in [0.3, 0.4) is 0 Å². The van der Waals surface area contributed by atoms with Gasteiger partial charge in [-0.15, -0.1) is 10.2 Å². The number of aryl methyl sites for hydroxylation is 2. The van der Waals surface area contributed by atoms with Crippen molar-refractivity contribution < 1.29 is 19.1 Å². The first kappa shape index (κ1) is 27.3. The Morgan fingerprint density at radius 2 is 1.82 bits per heavy atom. The Labute approximate surface area is 237 Å². The number of nitrogens with zero attached hydrogens (tertiary/aromatic N) is 4. The number of carbonyl (C=O) groups is 2. The molecule has 5 rings (SSSR count). The molecular weight excluding hydrogens is 526 g/mol. The average molecular weight is 558 g/mol. The number of hydrogen-bond donors (Lipinski definition) is 1. The molecule has 0 spiro atoms. The zero-order valence-corrected chi connectivity index (χ0v) is 23.5. The number of para-hydroxylation sites is 1.